The second kappa shape index (κ2) is 15.6. The van der Waals surface area contributed by atoms with Crippen LogP contribution in [-0.2, 0) is 26.7 Å². The number of likely N-dealkylation sites (tertiary alicyclic amines) is 2. The molecule has 4 heterocycles. The van der Waals surface area contributed by atoms with Gasteiger partial charge in [-0.2, -0.15) is 26.3 Å². The fraction of sp³-hybridized carbons (Fsp3) is 0.568. The third-order valence-electron chi connectivity index (χ3n) is 10.3. The molecule has 2 atom stereocenters. The molecule has 0 saturated carbocycles. The lowest BCUT2D eigenvalue weighted by molar-refractivity contribution is -0.162. The molecular weight excluding hydrogens is 744 g/mol. The Hall–Kier alpha value is -4.12. The molecule has 2 aliphatic heterocycles. The number of halogens is 6. The summed E-state index contributed by atoms with van der Waals surface area (Å²) in [6.07, 6.45) is -3.59. The standard InChI is InChI=1S/C37H43F6N3O7S/c1-4-9-27-35(53-23-20-28(54-21-23)37(41,42)43,13-8-17-46(27)30(47)29-25(36(38,39)40)11-7-16-44-29)31(48)45-18-14-34(51,15-19-45)24-10-5-6-12-26(24)52-22-33(2,3)32(49)50/h6-7,11-12,16,20-21,27,51H,4-5,8-10,13-15,17-19,22H2,1-3H3,(H,49,50)/t27-,35+/m1/s1. The zero-order valence-electron chi connectivity index (χ0n) is 30.1. The van der Waals surface area contributed by atoms with Gasteiger partial charge in [-0.05, 0) is 70.6 Å². The number of rotatable bonds is 11. The van der Waals surface area contributed by atoms with E-state index in [1.165, 1.54) is 18.7 Å². The first-order valence-electron chi connectivity index (χ1n) is 17.7. The van der Waals surface area contributed by atoms with Crippen LogP contribution in [0.15, 0.2) is 53.3 Å². The topological polar surface area (TPSA) is 130 Å². The first kappa shape index (κ1) is 41.1. The van der Waals surface area contributed by atoms with Gasteiger partial charge < -0.3 is 29.5 Å². The van der Waals surface area contributed by atoms with Crippen molar-refractivity contribution in [2.24, 2.45) is 5.41 Å². The summed E-state index contributed by atoms with van der Waals surface area (Å²) in [5.41, 5.74) is -6.24. The zero-order valence-corrected chi connectivity index (χ0v) is 30.9. The average molecular weight is 788 g/mol. The lowest BCUT2D eigenvalue weighted by Gasteiger charge is -2.51. The van der Waals surface area contributed by atoms with Crippen LogP contribution >= 0.6 is 11.3 Å². The molecule has 0 radical (unpaired) electrons. The van der Waals surface area contributed by atoms with Crippen LogP contribution in [0.25, 0.3) is 0 Å². The van der Waals surface area contributed by atoms with Crippen molar-refractivity contribution >= 4 is 29.1 Å². The van der Waals surface area contributed by atoms with E-state index in [0.29, 0.717) is 41.9 Å². The normalized spacial score (nSPS) is 22.3. The highest BCUT2D eigenvalue weighted by molar-refractivity contribution is 7.10. The lowest BCUT2D eigenvalue weighted by Crippen LogP contribution is -2.69. The van der Waals surface area contributed by atoms with E-state index < -0.39 is 68.9 Å². The minimum Gasteiger partial charge on any atom is -0.492 e. The Morgan fingerprint density at radius 2 is 1.76 bits per heavy atom. The molecule has 2 amide bonds. The van der Waals surface area contributed by atoms with E-state index >= 15 is 0 Å². The van der Waals surface area contributed by atoms with E-state index in [0.717, 1.165) is 34.7 Å². The molecule has 0 spiro atoms. The molecule has 17 heteroatoms. The molecule has 0 bridgehead atoms. The highest BCUT2D eigenvalue weighted by Gasteiger charge is 2.57. The number of allylic oxidation sites excluding steroid dienone is 2. The van der Waals surface area contributed by atoms with Gasteiger partial charge in [0.05, 0.1) is 22.6 Å². The van der Waals surface area contributed by atoms with Gasteiger partial charge in [0.25, 0.3) is 11.8 Å². The maximum absolute atomic E-state index is 14.9. The van der Waals surface area contributed by atoms with Gasteiger partial charge in [-0.25, -0.2) is 0 Å². The Bertz CT molecular complexity index is 1780. The maximum Gasteiger partial charge on any atom is 0.425 e. The number of alkyl halides is 6. The first-order valence-corrected chi connectivity index (χ1v) is 18.6. The fourth-order valence-corrected chi connectivity index (χ4v) is 7.96. The number of carbonyl (C=O) groups is 3. The van der Waals surface area contributed by atoms with Gasteiger partial charge in [0.2, 0.25) is 5.60 Å². The predicted octanol–water partition coefficient (Wildman–Crippen LogP) is 7.49. The molecule has 296 valence electrons. The summed E-state index contributed by atoms with van der Waals surface area (Å²) in [5, 5.41) is 22.6. The van der Waals surface area contributed by atoms with E-state index in [-0.39, 0.29) is 64.1 Å². The molecule has 0 aromatic carbocycles. The van der Waals surface area contributed by atoms with Gasteiger partial charge in [-0.3, -0.25) is 19.4 Å². The van der Waals surface area contributed by atoms with Crippen molar-refractivity contribution in [3.8, 4) is 5.75 Å². The van der Waals surface area contributed by atoms with Crippen LogP contribution in [0.4, 0.5) is 26.3 Å². The van der Waals surface area contributed by atoms with Crippen LogP contribution < -0.4 is 4.74 Å². The van der Waals surface area contributed by atoms with Gasteiger partial charge in [0.1, 0.15) is 28.7 Å². The monoisotopic (exact) mass is 787 g/mol. The summed E-state index contributed by atoms with van der Waals surface area (Å²) in [5.74, 6) is -2.76. The highest BCUT2D eigenvalue weighted by atomic mass is 32.1. The van der Waals surface area contributed by atoms with Crippen molar-refractivity contribution in [2.45, 2.75) is 102 Å². The number of ether oxygens (including phenoxy) is 2. The minimum absolute atomic E-state index is 0.0216. The van der Waals surface area contributed by atoms with Gasteiger partial charge in [0, 0.05) is 49.3 Å². The van der Waals surface area contributed by atoms with Crippen LogP contribution in [0.5, 0.6) is 5.75 Å². The van der Waals surface area contributed by atoms with Crippen LogP contribution in [0.3, 0.4) is 0 Å². The zero-order chi connectivity index (χ0) is 39.7. The number of pyridine rings is 1. The summed E-state index contributed by atoms with van der Waals surface area (Å²) < 4.78 is 95.3. The quantitative estimate of drug-likeness (QED) is 0.224. The number of carbonyl (C=O) groups excluding carboxylic acids is 2. The maximum atomic E-state index is 14.9. The number of hydrogen-bond acceptors (Lipinski definition) is 8. The largest absolute Gasteiger partial charge is 0.492 e. The number of hydrogen-bond donors (Lipinski definition) is 2. The number of amides is 2. The van der Waals surface area contributed by atoms with E-state index in [4.69, 9.17) is 9.47 Å². The molecule has 2 saturated heterocycles. The van der Waals surface area contributed by atoms with Crippen molar-refractivity contribution in [1.82, 2.24) is 14.8 Å². The molecule has 10 nitrogen and oxygen atoms in total. The van der Waals surface area contributed by atoms with Crippen molar-refractivity contribution in [3.63, 3.8) is 0 Å². The number of aromatic nitrogens is 1. The lowest BCUT2D eigenvalue weighted by atomic mass is 9.77. The van der Waals surface area contributed by atoms with Crippen molar-refractivity contribution in [3.05, 3.63) is 69.4 Å². The Balaban J connectivity index is 1.49. The van der Waals surface area contributed by atoms with E-state index in [2.05, 4.69) is 4.98 Å². The SMILES string of the molecule is CCC[C@H]1N(C(=O)c2ncccc2C(F)(F)F)CCC[C@@]1(Oc1csc(C(F)(F)F)c1)C(=O)N1CCC(O)(C2=C(OCC(C)(C)C(=O)O)C=CCC2)CC1. The second-order valence-corrected chi connectivity index (χ2v) is 15.4. The Kier molecular flexibility index (Phi) is 11.8. The molecule has 0 unspecified atom stereocenters. The predicted molar refractivity (Wildman–Crippen MR) is 184 cm³/mol. The third-order valence-corrected chi connectivity index (χ3v) is 11.2. The molecule has 2 aromatic rings. The van der Waals surface area contributed by atoms with Crippen molar-refractivity contribution < 1.29 is 60.4 Å². The number of thiophene rings is 1. The highest BCUT2D eigenvalue weighted by Crippen LogP contribution is 2.44. The summed E-state index contributed by atoms with van der Waals surface area (Å²) in [7, 11) is 0. The fourth-order valence-electron chi connectivity index (χ4n) is 7.28. The first-order chi connectivity index (χ1) is 25.2. The number of carboxylic acid groups (broad SMARTS) is 1. The molecule has 1 aliphatic carbocycles. The average Bonchev–Trinajstić information content (AvgIpc) is 3.60. The molecule has 2 aromatic heterocycles. The second-order valence-electron chi connectivity index (χ2n) is 14.5. The third kappa shape index (κ3) is 8.41. The molecule has 3 aliphatic rings. The van der Waals surface area contributed by atoms with E-state index in [1.807, 2.05) is 6.08 Å². The number of nitrogens with zero attached hydrogens (tertiary/aromatic N) is 3. The summed E-state index contributed by atoms with van der Waals surface area (Å²) in [6.45, 7) is 4.46. The molecular formula is C37H43F6N3O7S. The summed E-state index contributed by atoms with van der Waals surface area (Å²) in [4.78, 5) is 45.9. The van der Waals surface area contributed by atoms with Crippen LogP contribution in [-0.4, -0.2) is 86.3 Å². The number of piperidine rings is 2. The Morgan fingerprint density at radius 3 is 2.37 bits per heavy atom. The smallest absolute Gasteiger partial charge is 0.425 e. The van der Waals surface area contributed by atoms with Crippen LogP contribution in [0, 0.1) is 5.41 Å². The molecule has 5 rings (SSSR count). The minimum atomic E-state index is -4.92. The van der Waals surface area contributed by atoms with Crippen molar-refractivity contribution in [1.29, 1.82) is 0 Å². The number of carboxylic acids is 1. The number of aliphatic hydroxyl groups is 1. The van der Waals surface area contributed by atoms with Gasteiger partial charge in [-0.15, -0.1) is 11.3 Å². The number of aliphatic carboxylic acids is 1. The summed E-state index contributed by atoms with van der Waals surface area (Å²) in [6, 6.07) is 1.34. The summed E-state index contributed by atoms with van der Waals surface area (Å²) >= 11 is 0.358. The van der Waals surface area contributed by atoms with Gasteiger partial charge in [0.15, 0.2) is 0 Å². The van der Waals surface area contributed by atoms with E-state index in [9.17, 15) is 50.9 Å². The van der Waals surface area contributed by atoms with Crippen molar-refractivity contribution in [2.75, 3.05) is 26.2 Å². The molecule has 54 heavy (non-hydrogen) atoms. The van der Waals surface area contributed by atoms with Crippen LogP contribution in [0.2, 0.25) is 0 Å². The molecule has 2 fully saturated rings. The van der Waals surface area contributed by atoms with Crippen LogP contribution in [0.1, 0.15) is 93.1 Å². The van der Waals surface area contributed by atoms with Gasteiger partial charge in [-0.1, -0.05) is 19.4 Å². The van der Waals surface area contributed by atoms with Gasteiger partial charge >= 0.3 is 18.3 Å². The Morgan fingerprint density at radius 1 is 1.06 bits per heavy atom. The van der Waals surface area contributed by atoms with E-state index in [1.54, 1.807) is 13.0 Å². The molecule has 2 N–H and O–H groups in total. The Labute approximate surface area is 312 Å².